The van der Waals surface area contributed by atoms with E-state index in [4.69, 9.17) is 0 Å². The fraction of sp³-hybridized carbons (Fsp3) is 0.409. The lowest BCUT2D eigenvalue weighted by atomic mass is 9.92. The van der Waals surface area contributed by atoms with Crippen molar-refractivity contribution in [2.75, 3.05) is 0 Å². The molecule has 0 heterocycles. The van der Waals surface area contributed by atoms with Crippen LogP contribution >= 0.6 is 0 Å². The minimum absolute atomic E-state index is 0.291. The summed E-state index contributed by atoms with van der Waals surface area (Å²) in [6.45, 7) is 6.82. The van der Waals surface area contributed by atoms with E-state index in [0.29, 0.717) is 11.3 Å². The van der Waals surface area contributed by atoms with Crippen molar-refractivity contribution in [2.24, 2.45) is 0 Å². The van der Waals surface area contributed by atoms with E-state index in [1.54, 1.807) is 12.1 Å². The topological polar surface area (TPSA) is 57.5 Å². The molecule has 140 valence electrons. The Morgan fingerprint density at radius 1 is 1.00 bits per heavy atom. The summed E-state index contributed by atoms with van der Waals surface area (Å²) < 4.78 is 0. The van der Waals surface area contributed by atoms with Gasteiger partial charge >= 0.3 is 5.97 Å². The van der Waals surface area contributed by atoms with Gasteiger partial charge in [-0.05, 0) is 59.7 Å². The number of aromatic hydroxyl groups is 1. The molecule has 0 radical (unpaired) electrons. The second-order valence-electron chi connectivity index (χ2n) is 7.41. The highest BCUT2D eigenvalue weighted by molar-refractivity contribution is 6.55. The number of carbonyl (C=O) groups is 1. The summed E-state index contributed by atoms with van der Waals surface area (Å²) in [6, 6.07) is 12.4. The molecule has 0 fully saturated rings. The van der Waals surface area contributed by atoms with Gasteiger partial charge in [0, 0.05) is 8.80 Å². The third kappa shape index (κ3) is 5.46. The average molecular weight is 371 g/mol. The Kier molecular flexibility index (Phi) is 7.46. The van der Waals surface area contributed by atoms with Crippen LogP contribution in [-0.2, 0) is 12.8 Å². The number of hydrogen-bond donors (Lipinski definition) is 2. The van der Waals surface area contributed by atoms with Gasteiger partial charge in [0.2, 0.25) is 0 Å². The molecule has 2 N–H and O–H groups in total. The van der Waals surface area contributed by atoms with E-state index in [0.717, 1.165) is 54.4 Å². The molecule has 2 aromatic carbocycles. The number of benzene rings is 2. The zero-order valence-electron chi connectivity index (χ0n) is 16.1. The SMILES string of the molecule is CCCCc1cc(-c2ccc(O)cc2CCC[SiH](C)C)ccc1C(=O)O. The van der Waals surface area contributed by atoms with E-state index in [-0.39, 0.29) is 0 Å². The Morgan fingerprint density at radius 3 is 2.38 bits per heavy atom. The molecule has 0 amide bonds. The molecule has 0 aromatic heterocycles. The number of aryl methyl sites for hydroxylation is 2. The summed E-state index contributed by atoms with van der Waals surface area (Å²) in [5.74, 6) is -0.575. The number of phenolic OH excluding ortho intramolecular Hbond substituents is 1. The molecule has 26 heavy (non-hydrogen) atoms. The van der Waals surface area contributed by atoms with E-state index in [2.05, 4.69) is 20.0 Å². The second-order valence-corrected chi connectivity index (χ2v) is 10.8. The van der Waals surface area contributed by atoms with Crippen LogP contribution in [0.5, 0.6) is 5.75 Å². The summed E-state index contributed by atoms with van der Waals surface area (Å²) in [6.07, 6.45) is 4.87. The monoisotopic (exact) mass is 370 g/mol. The minimum atomic E-state index is -0.865. The van der Waals surface area contributed by atoms with Crippen LogP contribution in [0.4, 0.5) is 0 Å². The van der Waals surface area contributed by atoms with Gasteiger partial charge in [-0.15, -0.1) is 0 Å². The molecular formula is C22H30O3Si. The van der Waals surface area contributed by atoms with Gasteiger partial charge < -0.3 is 10.2 Å². The normalized spacial score (nSPS) is 11.1. The van der Waals surface area contributed by atoms with Crippen molar-refractivity contribution in [2.45, 2.75) is 58.2 Å². The molecule has 0 aliphatic rings. The maximum Gasteiger partial charge on any atom is 0.335 e. The third-order valence-corrected chi connectivity index (χ3v) is 6.33. The zero-order chi connectivity index (χ0) is 19.1. The van der Waals surface area contributed by atoms with E-state index in [1.165, 1.54) is 6.04 Å². The van der Waals surface area contributed by atoms with Gasteiger partial charge in [0.15, 0.2) is 0 Å². The summed E-state index contributed by atoms with van der Waals surface area (Å²) in [5.41, 5.74) is 4.57. The molecule has 0 saturated heterocycles. The fourth-order valence-electron chi connectivity index (χ4n) is 3.31. The van der Waals surface area contributed by atoms with Crippen molar-refractivity contribution in [3.63, 3.8) is 0 Å². The van der Waals surface area contributed by atoms with E-state index >= 15 is 0 Å². The smallest absolute Gasteiger partial charge is 0.335 e. The van der Waals surface area contributed by atoms with Gasteiger partial charge in [-0.3, -0.25) is 0 Å². The Bertz CT molecular complexity index is 753. The first-order valence-electron chi connectivity index (χ1n) is 9.60. The van der Waals surface area contributed by atoms with Crippen LogP contribution in [0.25, 0.3) is 11.1 Å². The van der Waals surface area contributed by atoms with Crippen LogP contribution in [0.2, 0.25) is 19.1 Å². The minimum Gasteiger partial charge on any atom is -0.508 e. The highest BCUT2D eigenvalue weighted by Gasteiger charge is 2.13. The van der Waals surface area contributed by atoms with Gasteiger partial charge in [-0.2, -0.15) is 0 Å². The van der Waals surface area contributed by atoms with E-state index in [9.17, 15) is 15.0 Å². The van der Waals surface area contributed by atoms with Crippen LogP contribution in [0, 0.1) is 0 Å². The molecule has 0 aliphatic carbocycles. The van der Waals surface area contributed by atoms with E-state index < -0.39 is 14.8 Å². The van der Waals surface area contributed by atoms with Crippen molar-refractivity contribution in [1.29, 1.82) is 0 Å². The summed E-state index contributed by atoms with van der Waals surface area (Å²) in [7, 11) is -0.581. The molecule has 0 saturated carbocycles. The molecule has 2 aromatic rings. The summed E-state index contributed by atoms with van der Waals surface area (Å²) in [4.78, 5) is 11.5. The maximum atomic E-state index is 11.5. The van der Waals surface area contributed by atoms with Crippen LogP contribution in [0.3, 0.4) is 0 Å². The lowest BCUT2D eigenvalue weighted by Crippen LogP contribution is -2.03. The molecule has 4 heteroatoms. The van der Waals surface area contributed by atoms with Gasteiger partial charge in [-0.1, -0.05) is 57.1 Å². The molecule has 0 bridgehead atoms. The molecule has 0 atom stereocenters. The predicted molar refractivity (Wildman–Crippen MR) is 111 cm³/mol. The van der Waals surface area contributed by atoms with Crippen LogP contribution in [0.1, 0.15) is 47.7 Å². The van der Waals surface area contributed by atoms with Crippen LogP contribution in [-0.4, -0.2) is 25.0 Å². The van der Waals surface area contributed by atoms with Gasteiger partial charge in [0.25, 0.3) is 0 Å². The number of unbranched alkanes of at least 4 members (excludes halogenated alkanes) is 1. The Balaban J connectivity index is 2.38. The number of carboxylic acids is 1. The number of rotatable bonds is 9. The highest BCUT2D eigenvalue weighted by atomic mass is 28.3. The molecule has 0 unspecified atom stereocenters. The predicted octanol–water partition coefficient (Wildman–Crippen LogP) is 5.52. The lowest BCUT2D eigenvalue weighted by molar-refractivity contribution is 0.0695. The van der Waals surface area contributed by atoms with Crippen molar-refractivity contribution >= 4 is 14.8 Å². The fourth-order valence-corrected chi connectivity index (χ4v) is 4.33. The number of carboxylic acid groups (broad SMARTS) is 1. The quantitative estimate of drug-likeness (QED) is 0.571. The molecule has 2 rings (SSSR count). The second kappa shape index (κ2) is 9.58. The maximum absolute atomic E-state index is 11.5. The van der Waals surface area contributed by atoms with Gasteiger partial charge in [0.1, 0.15) is 5.75 Å². The first-order valence-corrected chi connectivity index (χ1v) is 12.7. The van der Waals surface area contributed by atoms with Crippen molar-refractivity contribution in [3.8, 4) is 16.9 Å². The Hall–Kier alpha value is -2.07. The summed E-state index contributed by atoms with van der Waals surface area (Å²) >= 11 is 0. The Morgan fingerprint density at radius 2 is 1.73 bits per heavy atom. The van der Waals surface area contributed by atoms with Crippen LogP contribution in [0.15, 0.2) is 36.4 Å². The molecule has 0 spiro atoms. The van der Waals surface area contributed by atoms with Crippen LogP contribution < -0.4 is 0 Å². The van der Waals surface area contributed by atoms with Gasteiger partial charge in [-0.25, -0.2) is 4.79 Å². The average Bonchev–Trinajstić information content (AvgIpc) is 2.59. The Labute approximate surface area is 158 Å². The third-order valence-electron chi connectivity index (χ3n) is 4.76. The van der Waals surface area contributed by atoms with Gasteiger partial charge in [0.05, 0.1) is 5.56 Å². The summed E-state index contributed by atoms with van der Waals surface area (Å²) in [5, 5.41) is 19.4. The number of hydrogen-bond acceptors (Lipinski definition) is 2. The lowest BCUT2D eigenvalue weighted by Gasteiger charge is -2.14. The van der Waals surface area contributed by atoms with Crippen molar-refractivity contribution in [3.05, 3.63) is 53.1 Å². The van der Waals surface area contributed by atoms with Crippen molar-refractivity contribution in [1.82, 2.24) is 0 Å². The van der Waals surface area contributed by atoms with E-state index in [1.807, 2.05) is 24.3 Å². The first kappa shape index (κ1) is 20.2. The zero-order valence-corrected chi connectivity index (χ0v) is 17.2. The van der Waals surface area contributed by atoms with Crippen molar-refractivity contribution < 1.29 is 15.0 Å². The molecular weight excluding hydrogens is 340 g/mol. The number of aromatic carboxylic acids is 1. The first-order chi connectivity index (χ1) is 12.4. The highest BCUT2D eigenvalue weighted by Crippen LogP contribution is 2.30. The standard InChI is InChI=1S/C22H30O3Si/c1-4-5-7-16-14-18(9-11-21(16)22(24)25)20-12-10-19(23)15-17(20)8-6-13-26(2)3/h9-12,14-15,23,26H,4-8,13H2,1-3H3,(H,24,25). The number of phenols is 1. The largest absolute Gasteiger partial charge is 0.508 e. The molecule has 3 nitrogen and oxygen atoms in total. The molecule has 0 aliphatic heterocycles.